The molecule has 2 nitrogen and oxygen atoms in total. The van der Waals surface area contributed by atoms with Crippen molar-refractivity contribution in [2.75, 3.05) is 0 Å². The average molecular weight is 271 g/mol. The zero-order valence-corrected chi connectivity index (χ0v) is 10.1. The van der Waals surface area contributed by atoms with Gasteiger partial charge in [0, 0.05) is 0 Å². The maximum Gasteiger partial charge on any atom is -0.0178 e. The minimum atomic E-state index is -0.250. The zero-order valence-electron chi connectivity index (χ0n) is 7.24. The summed E-state index contributed by atoms with van der Waals surface area (Å²) in [4.78, 5) is 13.0. The number of benzene rings is 1. The fourth-order valence-corrected chi connectivity index (χ4v) is 0.676. The zero-order chi connectivity index (χ0) is 9.40. The van der Waals surface area contributed by atoms with E-state index in [4.69, 9.17) is 9.90 Å². The maximum atomic E-state index is 8.36. The SMILES string of the molecule is O=CO.[CH3][Sn][CH3].c1cc2cc-2c1. The molecule has 64 valence electrons. The van der Waals surface area contributed by atoms with Crippen molar-refractivity contribution in [3.05, 3.63) is 24.3 Å². The number of rotatable bonds is 0. The van der Waals surface area contributed by atoms with E-state index in [1.54, 1.807) is 0 Å². The molecule has 0 amide bonds. The summed E-state index contributed by atoms with van der Waals surface area (Å²) in [5.41, 5.74) is 2.85. The summed E-state index contributed by atoms with van der Waals surface area (Å²) in [6.45, 7) is -0.250. The van der Waals surface area contributed by atoms with Crippen molar-refractivity contribution in [3.8, 4) is 11.1 Å². The van der Waals surface area contributed by atoms with Crippen LogP contribution < -0.4 is 0 Å². The summed E-state index contributed by atoms with van der Waals surface area (Å²) in [6, 6.07) is 8.48. The first-order chi connectivity index (χ1) is 5.79. The van der Waals surface area contributed by atoms with Gasteiger partial charge in [0.1, 0.15) is 0 Å². The Morgan fingerprint density at radius 1 is 1.33 bits per heavy atom. The van der Waals surface area contributed by atoms with Crippen molar-refractivity contribution >= 4 is 27.6 Å². The molecule has 0 aromatic carbocycles. The molecule has 0 saturated carbocycles. The molecular weight excluding hydrogens is 259 g/mol. The van der Waals surface area contributed by atoms with Crippen LogP contribution in [0.1, 0.15) is 0 Å². The van der Waals surface area contributed by atoms with Crippen LogP contribution in [0, 0.1) is 0 Å². The fourth-order valence-electron chi connectivity index (χ4n) is 0.676. The van der Waals surface area contributed by atoms with Crippen molar-refractivity contribution in [2.45, 2.75) is 9.88 Å². The van der Waals surface area contributed by atoms with Gasteiger partial charge in [0.2, 0.25) is 0 Å². The first kappa shape index (κ1) is 11.5. The summed E-state index contributed by atoms with van der Waals surface area (Å²) < 4.78 is 0. The fraction of sp³-hybridized carbons (Fsp3) is 0.222. The number of carbonyl (C=O) groups is 1. The normalized spacial score (nSPS) is 8.17. The van der Waals surface area contributed by atoms with Gasteiger partial charge in [0.15, 0.2) is 0 Å². The molecule has 12 heavy (non-hydrogen) atoms. The molecular formula is C9H12O2Sn. The van der Waals surface area contributed by atoms with Gasteiger partial charge in [0.05, 0.1) is 0 Å². The molecule has 0 atom stereocenters. The molecule has 2 radical (unpaired) electrons. The Morgan fingerprint density at radius 3 is 1.75 bits per heavy atom. The van der Waals surface area contributed by atoms with Crippen molar-refractivity contribution in [3.63, 3.8) is 0 Å². The van der Waals surface area contributed by atoms with Gasteiger partial charge in [-0.3, -0.25) is 4.79 Å². The standard InChI is InChI=1S/C6H4.CH2O2.2CH3.Sn/c1-2-5-4-6(5)3-1;2-1-3;;;/h1-4H;1H,(H,2,3);2*1H3;. The van der Waals surface area contributed by atoms with Gasteiger partial charge in [-0.2, -0.15) is 0 Å². The topological polar surface area (TPSA) is 37.3 Å². The predicted octanol–water partition coefficient (Wildman–Crippen LogP) is 2.15. The van der Waals surface area contributed by atoms with Crippen LogP contribution >= 0.6 is 0 Å². The van der Waals surface area contributed by atoms with E-state index in [9.17, 15) is 0 Å². The molecule has 0 aromatic heterocycles. The van der Waals surface area contributed by atoms with Crippen LogP contribution in [0.4, 0.5) is 0 Å². The molecule has 0 bridgehead atoms. The van der Waals surface area contributed by atoms with Gasteiger partial charge in [-0.15, -0.1) is 0 Å². The second-order valence-corrected chi connectivity index (χ2v) is 5.04. The molecule has 0 unspecified atom stereocenters. The molecule has 1 N–H and O–H groups in total. The monoisotopic (exact) mass is 272 g/mol. The molecule has 0 aliphatic heterocycles. The molecule has 2 aliphatic carbocycles. The molecule has 2 rings (SSSR count). The maximum absolute atomic E-state index is 8.36. The number of carboxylic acid groups (broad SMARTS) is 1. The third-order valence-electron chi connectivity index (χ3n) is 1.11. The Morgan fingerprint density at radius 2 is 1.67 bits per heavy atom. The summed E-state index contributed by atoms with van der Waals surface area (Å²) >= 11 is 0.230. The van der Waals surface area contributed by atoms with Gasteiger partial charge < -0.3 is 5.11 Å². The van der Waals surface area contributed by atoms with Crippen LogP contribution in [-0.4, -0.2) is 32.7 Å². The second kappa shape index (κ2) is 7.15. The van der Waals surface area contributed by atoms with Crippen LogP contribution in [-0.2, 0) is 4.79 Å². The van der Waals surface area contributed by atoms with E-state index in [0.29, 0.717) is 0 Å². The van der Waals surface area contributed by atoms with Crippen LogP contribution in [0.2, 0.25) is 9.88 Å². The van der Waals surface area contributed by atoms with Crippen molar-refractivity contribution < 1.29 is 9.90 Å². The molecule has 0 spiro atoms. The van der Waals surface area contributed by atoms with E-state index in [2.05, 4.69) is 34.1 Å². The van der Waals surface area contributed by atoms with Crippen molar-refractivity contribution in [1.82, 2.24) is 0 Å². The van der Waals surface area contributed by atoms with E-state index in [1.807, 2.05) is 0 Å². The predicted molar refractivity (Wildman–Crippen MR) is 51.6 cm³/mol. The molecule has 0 saturated heterocycles. The number of hydrogen-bond acceptors (Lipinski definition) is 1. The third kappa shape index (κ3) is 5.18. The quantitative estimate of drug-likeness (QED) is 0.588. The van der Waals surface area contributed by atoms with Crippen LogP contribution in [0.5, 0.6) is 0 Å². The van der Waals surface area contributed by atoms with E-state index in [-0.39, 0.29) is 27.6 Å². The Bertz CT molecular complexity index is 218. The molecule has 0 heterocycles. The second-order valence-electron chi connectivity index (χ2n) is 2.19. The summed E-state index contributed by atoms with van der Waals surface area (Å²) in [5.74, 6) is 0. The van der Waals surface area contributed by atoms with Crippen LogP contribution in [0.25, 0.3) is 11.1 Å². The van der Waals surface area contributed by atoms with E-state index in [0.717, 1.165) is 0 Å². The Labute approximate surface area is 82.8 Å². The van der Waals surface area contributed by atoms with Crippen molar-refractivity contribution in [2.24, 2.45) is 0 Å². The minimum Gasteiger partial charge on any atom is -0.0610 e. The summed E-state index contributed by atoms with van der Waals surface area (Å²) in [7, 11) is 0. The smallest absolute Gasteiger partial charge is 0.0178 e. The van der Waals surface area contributed by atoms with E-state index >= 15 is 0 Å². The van der Waals surface area contributed by atoms with Crippen molar-refractivity contribution in [1.29, 1.82) is 0 Å². The third-order valence-corrected chi connectivity index (χ3v) is 1.11. The van der Waals surface area contributed by atoms with Gasteiger partial charge >= 0.3 is 31.0 Å². The molecule has 0 aromatic rings. The van der Waals surface area contributed by atoms with Crippen LogP contribution in [0.3, 0.4) is 0 Å². The minimum absolute atomic E-state index is 0.230. The van der Waals surface area contributed by atoms with Gasteiger partial charge in [-0.05, 0) is 17.2 Å². The Hall–Kier alpha value is -0.511. The summed E-state index contributed by atoms with van der Waals surface area (Å²) in [5, 5.41) is 6.89. The molecule has 2 aliphatic rings. The summed E-state index contributed by atoms with van der Waals surface area (Å²) in [6.07, 6.45) is 0. The number of fused-ring (bicyclic) bond motifs is 1. The average Bonchev–Trinajstić information content (AvgIpc) is 2.62. The van der Waals surface area contributed by atoms with E-state index in [1.165, 1.54) is 11.1 Å². The first-order valence-electron chi connectivity index (χ1n) is 3.57. The van der Waals surface area contributed by atoms with Gasteiger partial charge in [0.25, 0.3) is 6.47 Å². The van der Waals surface area contributed by atoms with Gasteiger partial charge in [-0.1, -0.05) is 18.2 Å². The Kier molecular flexibility index (Phi) is 6.85. The Balaban J connectivity index is 0.000000177. The van der Waals surface area contributed by atoms with E-state index < -0.39 is 0 Å². The molecule has 0 fully saturated rings. The molecule has 3 heteroatoms. The van der Waals surface area contributed by atoms with Gasteiger partial charge in [-0.25, -0.2) is 0 Å². The largest absolute Gasteiger partial charge is 0.0610 e. The van der Waals surface area contributed by atoms with Crippen LogP contribution in [0.15, 0.2) is 24.3 Å². The number of hydrogen-bond donors (Lipinski definition) is 1. The first-order valence-corrected chi connectivity index (χ1v) is 9.27.